The zero-order chi connectivity index (χ0) is 11.9. The van der Waals surface area contributed by atoms with Crippen LogP contribution in [0.15, 0.2) is 16.1 Å². The molecule has 0 bridgehead atoms. The fourth-order valence-corrected chi connectivity index (χ4v) is 2.09. The van der Waals surface area contributed by atoms with Crippen LogP contribution in [0.25, 0.3) is 0 Å². The summed E-state index contributed by atoms with van der Waals surface area (Å²) in [7, 11) is 0. The molecule has 0 spiro atoms. The van der Waals surface area contributed by atoms with Crippen LogP contribution in [0.4, 0.5) is 13.2 Å². The Morgan fingerprint density at radius 3 is 2.62 bits per heavy atom. The number of carbonyl (C=O) groups excluding carboxylic acids is 1. The van der Waals surface area contributed by atoms with Crippen molar-refractivity contribution in [1.29, 1.82) is 5.26 Å². The average Bonchev–Trinajstić information content (AvgIpc) is 2.60. The van der Waals surface area contributed by atoms with Gasteiger partial charge in [0.15, 0.2) is 5.92 Å². The lowest BCUT2D eigenvalue weighted by molar-refractivity contribution is -0.125. The molecular weight excluding hydrogens is 221 g/mol. The molecule has 0 aromatic heterocycles. The van der Waals surface area contributed by atoms with Gasteiger partial charge in [-0.05, 0) is 24.8 Å². The number of hydrogen-bond acceptors (Lipinski definition) is 2. The molecule has 1 aliphatic carbocycles. The third-order valence-corrected chi connectivity index (χ3v) is 2.73. The average molecular weight is 228 g/mol. The van der Waals surface area contributed by atoms with E-state index < -0.39 is 23.6 Å². The van der Waals surface area contributed by atoms with Crippen molar-refractivity contribution in [3.05, 3.63) is 11.1 Å². The van der Waals surface area contributed by atoms with E-state index in [0.29, 0.717) is 12.8 Å². The van der Waals surface area contributed by atoms with Crippen LogP contribution in [0.1, 0.15) is 19.3 Å². The predicted octanol–water partition coefficient (Wildman–Crippen LogP) is 2.15. The minimum absolute atomic E-state index is 0.0543. The lowest BCUT2D eigenvalue weighted by atomic mass is 9.90. The largest absolute Gasteiger partial charge is 0.414 e. The van der Waals surface area contributed by atoms with Crippen molar-refractivity contribution in [3.63, 3.8) is 0 Å². The van der Waals surface area contributed by atoms with E-state index in [-0.39, 0.29) is 17.7 Å². The molecule has 1 heterocycles. The summed E-state index contributed by atoms with van der Waals surface area (Å²) >= 11 is 0. The molecule has 1 aliphatic heterocycles. The van der Waals surface area contributed by atoms with Gasteiger partial charge in [0.25, 0.3) is 5.91 Å². The quantitative estimate of drug-likeness (QED) is 0.637. The van der Waals surface area contributed by atoms with Gasteiger partial charge in [-0.3, -0.25) is 4.79 Å². The van der Waals surface area contributed by atoms with Gasteiger partial charge in [0.05, 0.1) is 11.6 Å². The number of dihydropyridines is 1. The molecule has 16 heavy (non-hydrogen) atoms. The summed E-state index contributed by atoms with van der Waals surface area (Å²) in [4.78, 5) is 14.8. The van der Waals surface area contributed by atoms with E-state index in [4.69, 9.17) is 5.26 Å². The Labute approximate surface area is 89.3 Å². The van der Waals surface area contributed by atoms with E-state index in [0.717, 1.165) is 0 Å². The van der Waals surface area contributed by atoms with Gasteiger partial charge in [0, 0.05) is 5.71 Å². The predicted molar refractivity (Wildman–Crippen MR) is 48.5 cm³/mol. The number of aliphatic imine (C=N–C) groups is 1. The van der Waals surface area contributed by atoms with E-state index >= 15 is 0 Å². The summed E-state index contributed by atoms with van der Waals surface area (Å²) in [6.07, 6.45) is -3.44. The molecule has 1 saturated carbocycles. The zero-order valence-corrected chi connectivity index (χ0v) is 8.14. The van der Waals surface area contributed by atoms with Crippen LogP contribution in [0.5, 0.6) is 0 Å². The Hall–Kier alpha value is -1.64. The number of fused-ring (bicyclic) bond motifs is 1. The Balaban J connectivity index is 2.60. The first-order chi connectivity index (χ1) is 7.45. The second-order valence-corrected chi connectivity index (χ2v) is 3.70. The van der Waals surface area contributed by atoms with E-state index in [9.17, 15) is 18.0 Å². The smallest absolute Gasteiger partial charge is 0.271 e. The number of amides is 1. The first-order valence-electron chi connectivity index (χ1n) is 4.77. The number of halogens is 3. The summed E-state index contributed by atoms with van der Waals surface area (Å²) in [5.41, 5.74) is -0.732. The first kappa shape index (κ1) is 10.9. The fraction of sp³-hybridized carbons (Fsp3) is 0.500. The fourth-order valence-electron chi connectivity index (χ4n) is 2.09. The molecule has 1 unspecified atom stereocenters. The Morgan fingerprint density at radius 1 is 1.38 bits per heavy atom. The van der Waals surface area contributed by atoms with Gasteiger partial charge in [-0.2, -0.15) is 18.4 Å². The van der Waals surface area contributed by atoms with E-state index in [2.05, 4.69) is 4.99 Å². The molecule has 3 nitrogen and oxygen atoms in total. The van der Waals surface area contributed by atoms with Crippen molar-refractivity contribution < 1.29 is 18.0 Å². The summed E-state index contributed by atoms with van der Waals surface area (Å²) in [6, 6.07) is 1.39. The van der Waals surface area contributed by atoms with Gasteiger partial charge in [0.2, 0.25) is 0 Å². The normalized spacial score (nSPS) is 25.2. The molecular formula is C10H7F3N2O. The Kier molecular flexibility index (Phi) is 2.34. The molecule has 0 saturated heterocycles. The van der Waals surface area contributed by atoms with Gasteiger partial charge in [-0.25, -0.2) is 4.99 Å². The van der Waals surface area contributed by atoms with Crippen LogP contribution in [-0.4, -0.2) is 17.8 Å². The third kappa shape index (κ3) is 1.52. The monoisotopic (exact) mass is 228 g/mol. The number of carbonyl (C=O) groups is 1. The number of allylic oxidation sites excluding steroid dienone is 1. The molecule has 1 fully saturated rings. The van der Waals surface area contributed by atoms with Crippen LogP contribution < -0.4 is 0 Å². The number of hydrogen-bond donors (Lipinski definition) is 0. The van der Waals surface area contributed by atoms with Crippen molar-refractivity contribution in [2.75, 3.05) is 0 Å². The van der Waals surface area contributed by atoms with Gasteiger partial charge in [-0.1, -0.05) is 0 Å². The van der Waals surface area contributed by atoms with Crippen LogP contribution in [0, 0.1) is 17.2 Å². The SMILES string of the molecule is N#CC1C(=O)N=C2CCCC2=C1C(F)(F)F. The highest BCUT2D eigenvalue weighted by atomic mass is 19.4. The Morgan fingerprint density at radius 2 is 2.06 bits per heavy atom. The van der Waals surface area contributed by atoms with Gasteiger partial charge in [0.1, 0.15) is 0 Å². The molecule has 1 atom stereocenters. The minimum atomic E-state index is -4.63. The van der Waals surface area contributed by atoms with Crippen LogP contribution >= 0.6 is 0 Å². The number of alkyl halides is 3. The number of rotatable bonds is 0. The summed E-state index contributed by atoms with van der Waals surface area (Å²) in [6.45, 7) is 0. The molecule has 0 aromatic carbocycles. The van der Waals surface area contributed by atoms with E-state index in [1.807, 2.05) is 0 Å². The standard InChI is InChI=1S/C10H7F3N2O/c11-10(12,13)8-5-2-1-3-7(5)15-9(16)6(8)4-14/h6H,1-3H2. The molecule has 1 amide bonds. The molecule has 2 rings (SSSR count). The van der Waals surface area contributed by atoms with Gasteiger partial charge in [-0.15, -0.1) is 0 Å². The van der Waals surface area contributed by atoms with Crippen LogP contribution in [0.3, 0.4) is 0 Å². The minimum Gasteiger partial charge on any atom is -0.271 e. The van der Waals surface area contributed by atoms with E-state index in [1.165, 1.54) is 6.07 Å². The van der Waals surface area contributed by atoms with Gasteiger partial charge < -0.3 is 0 Å². The van der Waals surface area contributed by atoms with Gasteiger partial charge >= 0.3 is 6.18 Å². The maximum absolute atomic E-state index is 12.8. The first-order valence-corrected chi connectivity index (χ1v) is 4.77. The summed E-state index contributed by atoms with van der Waals surface area (Å²) < 4.78 is 38.3. The highest BCUT2D eigenvalue weighted by molar-refractivity contribution is 6.12. The molecule has 0 N–H and O–H groups in total. The summed E-state index contributed by atoms with van der Waals surface area (Å²) in [5.74, 6) is -2.77. The maximum Gasteiger partial charge on any atom is 0.414 e. The van der Waals surface area contributed by atoms with Crippen molar-refractivity contribution >= 4 is 11.6 Å². The molecule has 6 heteroatoms. The topological polar surface area (TPSA) is 53.2 Å². The summed E-state index contributed by atoms with van der Waals surface area (Å²) in [5, 5.41) is 8.64. The highest BCUT2D eigenvalue weighted by Crippen LogP contribution is 2.41. The number of nitrogens with zero attached hydrogens (tertiary/aromatic N) is 2. The zero-order valence-electron chi connectivity index (χ0n) is 8.14. The molecule has 0 aromatic rings. The van der Waals surface area contributed by atoms with Crippen LogP contribution in [-0.2, 0) is 4.79 Å². The van der Waals surface area contributed by atoms with Crippen molar-refractivity contribution in [2.45, 2.75) is 25.4 Å². The molecule has 0 radical (unpaired) electrons. The van der Waals surface area contributed by atoms with Crippen LogP contribution in [0.2, 0.25) is 0 Å². The third-order valence-electron chi connectivity index (χ3n) is 2.73. The number of nitriles is 1. The highest BCUT2D eigenvalue weighted by Gasteiger charge is 2.47. The molecule has 84 valence electrons. The van der Waals surface area contributed by atoms with E-state index in [1.54, 1.807) is 0 Å². The van der Waals surface area contributed by atoms with Crippen molar-refractivity contribution in [1.82, 2.24) is 0 Å². The maximum atomic E-state index is 12.8. The van der Waals surface area contributed by atoms with Crippen molar-refractivity contribution in [2.24, 2.45) is 10.9 Å². The second-order valence-electron chi connectivity index (χ2n) is 3.70. The lowest BCUT2D eigenvalue weighted by Gasteiger charge is -2.21. The lowest BCUT2D eigenvalue weighted by Crippen LogP contribution is -2.30. The van der Waals surface area contributed by atoms with Crippen molar-refractivity contribution in [3.8, 4) is 6.07 Å². The Bertz CT molecular complexity index is 454. The molecule has 2 aliphatic rings. The second kappa shape index (κ2) is 3.44.